The highest BCUT2D eigenvalue weighted by atomic mass is 35.5. The van der Waals surface area contributed by atoms with Gasteiger partial charge in [-0.15, -0.1) is 0 Å². The fraction of sp³-hybridized carbons (Fsp3) is 0.250. The van der Waals surface area contributed by atoms with E-state index in [4.69, 9.17) is 28.9 Å². The van der Waals surface area contributed by atoms with Crippen LogP contribution in [0.25, 0.3) is 0 Å². The van der Waals surface area contributed by atoms with Crippen molar-refractivity contribution in [2.75, 3.05) is 0 Å². The predicted octanol–water partition coefficient (Wildman–Crippen LogP) is 4.50. The number of halogens is 2. The van der Waals surface area contributed by atoms with Crippen molar-refractivity contribution in [3.63, 3.8) is 0 Å². The lowest BCUT2D eigenvalue weighted by molar-refractivity contribution is 0.643. The zero-order valence-electron chi connectivity index (χ0n) is 11.8. The standard InChI is InChI=1S/C16H17Cl2NOS/c1-10-3-5-12(6-4-10)16(19)11(2)21(20)13-7-8-14(17)15(18)9-13/h3-9,11,16H,19H2,1-2H3. The number of hydrogen-bond acceptors (Lipinski definition) is 2. The van der Waals surface area contributed by atoms with Gasteiger partial charge in [-0.1, -0.05) is 53.0 Å². The number of benzene rings is 2. The molecule has 0 saturated heterocycles. The van der Waals surface area contributed by atoms with Gasteiger partial charge in [0.25, 0.3) is 0 Å². The minimum Gasteiger partial charge on any atom is -0.323 e. The molecule has 3 atom stereocenters. The van der Waals surface area contributed by atoms with E-state index < -0.39 is 10.8 Å². The van der Waals surface area contributed by atoms with Gasteiger partial charge >= 0.3 is 0 Å². The lowest BCUT2D eigenvalue weighted by Crippen LogP contribution is -2.27. The molecule has 0 aliphatic carbocycles. The van der Waals surface area contributed by atoms with Gasteiger partial charge in [0.1, 0.15) is 0 Å². The topological polar surface area (TPSA) is 43.1 Å². The van der Waals surface area contributed by atoms with E-state index in [0.717, 1.165) is 5.56 Å². The summed E-state index contributed by atoms with van der Waals surface area (Å²) in [6.07, 6.45) is 0. The van der Waals surface area contributed by atoms with E-state index in [9.17, 15) is 4.21 Å². The summed E-state index contributed by atoms with van der Waals surface area (Å²) in [7, 11) is -1.25. The molecule has 0 radical (unpaired) electrons. The molecule has 5 heteroatoms. The summed E-state index contributed by atoms with van der Waals surface area (Å²) in [6, 6.07) is 12.7. The first-order valence-corrected chi connectivity index (χ1v) is 8.55. The second-order valence-electron chi connectivity index (χ2n) is 5.01. The fourth-order valence-electron chi connectivity index (χ4n) is 2.01. The third kappa shape index (κ3) is 3.86. The zero-order chi connectivity index (χ0) is 15.6. The third-order valence-corrected chi connectivity index (χ3v) is 5.86. The van der Waals surface area contributed by atoms with Crippen molar-refractivity contribution in [3.8, 4) is 0 Å². The van der Waals surface area contributed by atoms with Crippen LogP contribution in [0.3, 0.4) is 0 Å². The van der Waals surface area contributed by atoms with Crippen LogP contribution >= 0.6 is 23.2 Å². The largest absolute Gasteiger partial charge is 0.323 e. The van der Waals surface area contributed by atoms with Crippen molar-refractivity contribution in [2.24, 2.45) is 5.73 Å². The molecular formula is C16H17Cl2NOS. The Morgan fingerprint density at radius 2 is 1.67 bits per heavy atom. The van der Waals surface area contributed by atoms with Gasteiger partial charge in [0.15, 0.2) is 0 Å². The Morgan fingerprint density at radius 3 is 2.24 bits per heavy atom. The van der Waals surface area contributed by atoms with Crippen molar-refractivity contribution in [1.82, 2.24) is 0 Å². The van der Waals surface area contributed by atoms with Crippen LogP contribution in [0.5, 0.6) is 0 Å². The molecular weight excluding hydrogens is 325 g/mol. The van der Waals surface area contributed by atoms with Gasteiger partial charge in [-0.2, -0.15) is 0 Å². The Balaban J connectivity index is 2.21. The summed E-state index contributed by atoms with van der Waals surface area (Å²) < 4.78 is 12.6. The molecule has 0 spiro atoms. The molecule has 21 heavy (non-hydrogen) atoms. The number of aryl methyl sites for hydroxylation is 1. The van der Waals surface area contributed by atoms with Crippen molar-refractivity contribution in [2.45, 2.75) is 30.0 Å². The quantitative estimate of drug-likeness (QED) is 0.889. The van der Waals surface area contributed by atoms with Crippen molar-refractivity contribution in [1.29, 1.82) is 0 Å². The maximum Gasteiger partial charge on any atom is 0.0604 e. The maximum atomic E-state index is 12.6. The van der Waals surface area contributed by atoms with Gasteiger partial charge in [0.05, 0.1) is 26.1 Å². The first-order chi connectivity index (χ1) is 9.90. The molecule has 2 aromatic carbocycles. The van der Waals surface area contributed by atoms with E-state index in [0.29, 0.717) is 14.9 Å². The maximum absolute atomic E-state index is 12.6. The SMILES string of the molecule is Cc1ccc(C(N)C(C)S(=O)c2ccc(Cl)c(Cl)c2)cc1. The lowest BCUT2D eigenvalue weighted by atomic mass is 10.0. The molecule has 2 N–H and O–H groups in total. The predicted molar refractivity (Wildman–Crippen MR) is 90.4 cm³/mol. The summed E-state index contributed by atoms with van der Waals surface area (Å²) in [4.78, 5) is 0.638. The molecule has 0 bridgehead atoms. The highest BCUT2D eigenvalue weighted by Crippen LogP contribution is 2.27. The van der Waals surface area contributed by atoms with Gasteiger partial charge in [-0.3, -0.25) is 4.21 Å². The summed E-state index contributed by atoms with van der Waals surface area (Å²) in [5, 5.41) is 0.622. The molecule has 0 aliphatic rings. The molecule has 112 valence electrons. The second kappa shape index (κ2) is 6.93. The van der Waals surface area contributed by atoms with E-state index >= 15 is 0 Å². The molecule has 0 aliphatic heterocycles. The normalized spacial score (nSPS) is 15.5. The Morgan fingerprint density at radius 1 is 1.05 bits per heavy atom. The highest BCUT2D eigenvalue weighted by Gasteiger charge is 2.22. The van der Waals surface area contributed by atoms with E-state index in [1.54, 1.807) is 18.2 Å². The molecule has 0 amide bonds. The van der Waals surface area contributed by atoms with Crippen LogP contribution in [0.1, 0.15) is 24.1 Å². The zero-order valence-corrected chi connectivity index (χ0v) is 14.2. The molecule has 0 saturated carbocycles. The summed E-state index contributed by atoms with van der Waals surface area (Å²) in [5.74, 6) is 0. The minimum atomic E-state index is -1.25. The minimum absolute atomic E-state index is 0.232. The average Bonchev–Trinajstić information content (AvgIpc) is 2.48. The van der Waals surface area contributed by atoms with Crippen LogP contribution in [-0.2, 0) is 10.8 Å². The third-order valence-electron chi connectivity index (χ3n) is 3.43. The molecule has 3 unspecified atom stereocenters. The summed E-state index contributed by atoms with van der Waals surface area (Å²) in [5.41, 5.74) is 8.39. The Bertz CT molecular complexity index is 658. The van der Waals surface area contributed by atoms with Crippen LogP contribution in [-0.4, -0.2) is 9.46 Å². The molecule has 2 aromatic rings. The van der Waals surface area contributed by atoms with Gasteiger partial charge in [0.2, 0.25) is 0 Å². The van der Waals surface area contributed by atoms with Gasteiger partial charge in [-0.05, 0) is 37.6 Å². The highest BCUT2D eigenvalue weighted by molar-refractivity contribution is 7.85. The van der Waals surface area contributed by atoms with Crippen LogP contribution in [0, 0.1) is 6.92 Å². The van der Waals surface area contributed by atoms with E-state index in [2.05, 4.69) is 0 Å². The smallest absolute Gasteiger partial charge is 0.0604 e. The van der Waals surface area contributed by atoms with E-state index in [1.807, 2.05) is 38.1 Å². The lowest BCUT2D eigenvalue weighted by Gasteiger charge is -2.20. The number of nitrogens with two attached hydrogens (primary N) is 1. The van der Waals surface area contributed by atoms with Gasteiger partial charge in [0, 0.05) is 10.9 Å². The monoisotopic (exact) mass is 341 g/mol. The Hall–Kier alpha value is -0.870. The van der Waals surface area contributed by atoms with E-state index in [1.165, 1.54) is 5.56 Å². The van der Waals surface area contributed by atoms with Crippen molar-refractivity contribution >= 4 is 34.0 Å². The van der Waals surface area contributed by atoms with E-state index in [-0.39, 0.29) is 11.3 Å². The number of hydrogen-bond donors (Lipinski definition) is 1. The first kappa shape index (κ1) is 16.5. The molecule has 2 rings (SSSR count). The fourth-order valence-corrected chi connectivity index (χ4v) is 3.66. The van der Waals surface area contributed by atoms with Gasteiger partial charge in [-0.25, -0.2) is 0 Å². The van der Waals surface area contributed by atoms with Crippen LogP contribution in [0.4, 0.5) is 0 Å². The van der Waals surface area contributed by atoms with Gasteiger partial charge < -0.3 is 5.73 Å². The average molecular weight is 342 g/mol. The van der Waals surface area contributed by atoms with Crippen LogP contribution < -0.4 is 5.73 Å². The van der Waals surface area contributed by atoms with Crippen molar-refractivity contribution in [3.05, 3.63) is 63.6 Å². The summed E-state index contributed by atoms with van der Waals surface area (Å²) >= 11 is 11.9. The first-order valence-electron chi connectivity index (χ1n) is 6.58. The summed E-state index contributed by atoms with van der Waals surface area (Å²) in [6.45, 7) is 3.90. The molecule has 0 fully saturated rings. The van der Waals surface area contributed by atoms with Crippen molar-refractivity contribution < 1.29 is 4.21 Å². The Labute approximate surface area is 137 Å². The number of rotatable bonds is 4. The Kier molecular flexibility index (Phi) is 5.44. The molecule has 2 nitrogen and oxygen atoms in total. The van der Waals surface area contributed by atoms with Crippen LogP contribution in [0.2, 0.25) is 10.0 Å². The molecule has 0 aromatic heterocycles. The van der Waals surface area contributed by atoms with Crippen LogP contribution in [0.15, 0.2) is 47.4 Å². The second-order valence-corrected chi connectivity index (χ2v) is 7.64. The molecule has 0 heterocycles.